The highest BCUT2D eigenvalue weighted by molar-refractivity contribution is 6.00. The van der Waals surface area contributed by atoms with Crippen molar-refractivity contribution >= 4 is 11.8 Å². The van der Waals surface area contributed by atoms with Gasteiger partial charge in [0, 0.05) is 23.5 Å². The van der Waals surface area contributed by atoms with Gasteiger partial charge in [-0.15, -0.1) is 0 Å². The fraction of sp³-hybridized carbons (Fsp3) is 0.238. The van der Waals surface area contributed by atoms with E-state index in [-0.39, 0.29) is 12.4 Å². The van der Waals surface area contributed by atoms with Crippen LogP contribution in [0.4, 0.5) is 0 Å². The largest absolute Gasteiger partial charge is 0.472 e. The summed E-state index contributed by atoms with van der Waals surface area (Å²) in [5.41, 5.74) is 4.05. The SMILES string of the molecule is Cc1cc(C(=O)COC(=O)c2ccoc2)c(C)n1CCc1ccccc1. The molecule has 0 saturated carbocycles. The molecule has 0 aliphatic heterocycles. The second-order valence-electron chi connectivity index (χ2n) is 6.18. The van der Waals surface area contributed by atoms with Crippen LogP contribution >= 0.6 is 0 Å². The van der Waals surface area contributed by atoms with Gasteiger partial charge < -0.3 is 13.7 Å². The molecule has 134 valence electrons. The third kappa shape index (κ3) is 3.94. The van der Waals surface area contributed by atoms with Gasteiger partial charge in [-0.05, 0) is 38.0 Å². The molecule has 3 aromatic rings. The minimum Gasteiger partial charge on any atom is -0.472 e. The van der Waals surface area contributed by atoms with E-state index in [1.165, 1.54) is 24.2 Å². The second kappa shape index (κ2) is 7.87. The Morgan fingerprint density at radius 1 is 1.12 bits per heavy atom. The molecule has 0 unspecified atom stereocenters. The van der Waals surface area contributed by atoms with E-state index >= 15 is 0 Å². The highest BCUT2D eigenvalue weighted by Crippen LogP contribution is 2.17. The maximum Gasteiger partial charge on any atom is 0.341 e. The standard InChI is InChI=1S/C21H21NO4/c1-15-12-19(20(23)14-26-21(24)18-9-11-25-13-18)16(2)22(15)10-8-17-6-4-3-5-7-17/h3-7,9,11-13H,8,10,14H2,1-2H3. The average molecular weight is 351 g/mol. The van der Waals surface area contributed by atoms with Crippen molar-refractivity contribution < 1.29 is 18.7 Å². The molecule has 0 bridgehead atoms. The van der Waals surface area contributed by atoms with E-state index in [9.17, 15) is 9.59 Å². The summed E-state index contributed by atoms with van der Waals surface area (Å²) in [4.78, 5) is 24.3. The summed E-state index contributed by atoms with van der Waals surface area (Å²) in [5, 5.41) is 0. The van der Waals surface area contributed by atoms with Crippen LogP contribution < -0.4 is 0 Å². The van der Waals surface area contributed by atoms with Crippen LogP contribution in [0.5, 0.6) is 0 Å². The first-order chi connectivity index (χ1) is 12.6. The van der Waals surface area contributed by atoms with Gasteiger partial charge in [0.1, 0.15) is 6.26 Å². The number of benzene rings is 1. The Hall–Kier alpha value is -3.08. The highest BCUT2D eigenvalue weighted by atomic mass is 16.5. The number of carbonyl (C=O) groups is 2. The zero-order valence-corrected chi connectivity index (χ0v) is 14.9. The lowest BCUT2D eigenvalue weighted by molar-refractivity contribution is 0.0474. The quantitative estimate of drug-likeness (QED) is 0.477. The van der Waals surface area contributed by atoms with Gasteiger partial charge in [-0.1, -0.05) is 30.3 Å². The summed E-state index contributed by atoms with van der Waals surface area (Å²) >= 11 is 0. The molecule has 0 atom stereocenters. The van der Waals surface area contributed by atoms with Crippen LogP contribution in [0.1, 0.15) is 37.7 Å². The molecule has 0 N–H and O–H groups in total. The number of ether oxygens (including phenoxy) is 1. The first-order valence-electron chi connectivity index (χ1n) is 8.49. The lowest BCUT2D eigenvalue weighted by Crippen LogP contribution is -2.15. The Morgan fingerprint density at radius 2 is 1.88 bits per heavy atom. The maximum absolute atomic E-state index is 12.5. The Labute approximate surface area is 152 Å². The van der Waals surface area contributed by atoms with Crippen molar-refractivity contribution in [2.75, 3.05) is 6.61 Å². The molecule has 0 aliphatic carbocycles. The van der Waals surface area contributed by atoms with Crippen molar-refractivity contribution in [2.45, 2.75) is 26.8 Å². The summed E-state index contributed by atoms with van der Waals surface area (Å²) in [6, 6.07) is 13.6. The van der Waals surface area contributed by atoms with E-state index in [2.05, 4.69) is 16.7 Å². The summed E-state index contributed by atoms with van der Waals surface area (Å²) in [6.07, 6.45) is 3.57. The monoisotopic (exact) mass is 351 g/mol. The molecule has 0 aliphatic rings. The van der Waals surface area contributed by atoms with Crippen LogP contribution in [0, 0.1) is 13.8 Å². The molecule has 0 saturated heterocycles. The van der Waals surface area contributed by atoms with Crippen molar-refractivity contribution in [3.63, 3.8) is 0 Å². The van der Waals surface area contributed by atoms with Crippen LogP contribution in [0.15, 0.2) is 59.4 Å². The number of Topliss-reactive ketones (excluding diaryl/α,β-unsaturated/α-hetero) is 1. The summed E-state index contributed by atoms with van der Waals surface area (Å²) in [7, 11) is 0. The number of rotatable bonds is 7. The molecule has 1 aromatic carbocycles. The number of esters is 1. The smallest absolute Gasteiger partial charge is 0.341 e. The van der Waals surface area contributed by atoms with E-state index < -0.39 is 5.97 Å². The lowest BCUT2D eigenvalue weighted by Gasteiger charge is -2.10. The fourth-order valence-corrected chi connectivity index (χ4v) is 2.99. The number of aromatic nitrogens is 1. The summed E-state index contributed by atoms with van der Waals surface area (Å²) < 4.78 is 12.0. The topological polar surface area (TPSA) is 61.4 Å². The van der Waals surface area contributed by atoms with E-state index in [4.69, 9.17) is 9.15 Å². The number of ketones is 1. The third-order valence-electron chi connectivity index (χ3n) is 4.43. The van der Waals surface area contributed by atoms with E-state index in [0.29, 0.717) is 11.1 Å². The molecule has 0 radical (unpaired) electrons. The summed E-state index contributed by atoms with van der Waals surface area (Å²) in [6.45, 7) is 4.41. The molecule has 2 aromatic heterocycles. The molecule has 0 fully saturated rings. The molecule has 26 heavy (non-hydrogen) atoms. The van der Waals surface area contributed by atoms with Crippen LogP contribution in [-0.4, -0.2) is 22.9 Å². The number of aryl methyl sites for hydroxylation is 2. The Bertz CT molecular complexity index is 892. The van der Waals surface area contributed by atoms with Gasteiger partial charge in [0.25, 0.3) is 0 Å². The van der Waals surface area contributed by atoms with Gasteiger partial charge in [-0.3, -0.25) is 4.79 Å². The Balaban J connectivity index is 1.64. The number of nitrogens with zero attached hydrogens (tertiary/aromatic N) is 1. The van der Waals surface area contributed by atoms with Gasteiger partial charge in [-0.25, -0.2) is 4.79 Å². The van der Waals surface area contributed by atoms with Gasteiger partial charge in [-0.2, -0.15) is 0 Å². The number of furan rings is 1. The van der Waals surface area contributed by atoms with Crippen LogP contribution in [0.2, 0.25) is 0 Å². The minimum atomic E-state index is -0.565. The molecule has 5 nitrogen and oxygen atoms in total. The number of hydrogen-bond donors (Lipinski definition) is 0. The Kier molecular flexibility index (Phi) is 5.37. The van der Waals surface area contributed by atoms with E-state index in [1.807, 2.05) is 38.1 Å². The molecule has 5 heteroatoms. The second-order valence-corrected chi connectivity index (χ2v) is 6.18. The van der Waals surface area contributed by atoms with Gasteiger partial charge in [0.15, 0.2) is 6.61 Å². The van der Waals surface area contributed by atoms with Crippen LogP contribution in [0.25, 0.3) is 0 Å². The van der Waals surface area contributed by atoms with E-state index in [0.717, 1.165) is 24.4 Å². The number of hydrogen-bond acceptors (Lipinski definition) is 4. The normalized spacial score (nSPS) is 10.7. The van der Waals surface area contributed by atoms with Crippen molar-refractivity contribution in [3.05, 3.63) is 83.1 Å². The van der Waals surface area contributed by atoms with Crippen molar-refractivity contribution in [1.29, 1.82) is 0 Å². The average Bonchev–Trinajstić information content (AvgIpc) is 3.28. The van der Waals surface area contributed by atoms with Gasteiger partial charge in [0.05, 0.1) is 11.8 Å². The maximum atomic E-state index is 12.5. The van der Waals surface area contributed by atoms with Gasteiger partial charge in [0.2, 0.25) is 5.78 Å². The first-order valence-corrected chi connectivity index (χ1v) is 8.49. The van der Waals surface area contributed by atoms with E-state index in [1.54, 1.807) is 0 Å². The molecule has 0 amide bonds. The predicted molar refractivity (Wildman–Crippen MR) is 97.4 cm³/mol. The molecular weight excluding hydrogens is 330 g/mol. The zero-order valence-electron chi connectivity index (χ0n) is 14.9. The lowest BCUT2D eigenvalue weighted by atomic mass is 10.1. The molecule has 0 spiro atoms. The minimum absolute atomic E-state index is 0.207. The zero-order chi connectivity index (χ0) is 18.5. The molecular formula is C21H21NO4. The molecule has 3 rings (SSSR count). The van der Waals surface area contributed by atoms with Crippen LogP contribution in [0.3, 0.4) is 0 Å². The van der Waals surface area contributed by atoms with Crippen molar-refractivity contribution in [3.8, 4) is 0 Å². The fourth-order valence-electron chi connectivity index (χ4n) is 2.99. The highest BCUT2D eigenvalue weighted by Gasteiger charge is 2.18. The number of carbonyl (C=O) groups excluding carboxylic acids is 2. The third-order valence-corrected chi connectivity index (χ3v) is 4.43. The predicted octanol–water partition coefficient (Wildman–Crippen LogP) is 3.98. The van der Waals surface area contributed by atoms with Crippen molar-refractivity contribution in [2.24, 2.45) is 0 Å². The van der Waals surface area contributed by atoms with Crippen molar-refractivity contribution in [1.82, 2.24) is 4.57 Å². The van der Waals surface area contributed by atoms with Crippen LogP contribution in [-0.2, 0) is 17.7 Å². The first kappa shape index (κ1) is 17.7. The molecule has 2 heterocycles. The summed E-state index contributed by atoms with van der Waals surface area (Å²) in [5.74, 6) is -0.772. The van der Waals surface area contributed by atoms with Gasteiger partial charge >= 0.3 is 5.97 Å². The Morgan fingerprint density at radius 3 is 2.58 bits per heavy atom.